The molecule has 0 fully saturated rings. The van der Waals surface area contributed by atoms with E-state index in [1.807, 2.05) is 0 Å². The molecule has 1 aromatic rings. The molecule has 0 aromatic heterocycles. The summed E-state index contributed by atoms with van der Waals surface area (Å²) in [5.74, 6) is -1.59. The molecule has 24 heavy (non-hydrogen) atoms. The van der Waals surface area contributed by atoms with Crippen molar-refractivity contribution in [1.82, 2.24) is 5.32 Å². The number of ketones is 1. The second kappa shape index (κ2) is 8.55. The van der Waals surface area contributed by atoms with Crippen LogP contribution in [0.25, 0.3) is 0 Å². The molecule has 7 heteroatoms. The molecule has 0 saturated carbocycles. The van der Waals surface area contributed by atoms with Gasteiger partial charge in [-0.15, -0.1) is 0 Å². The number of nitrogens with one attached hydrogen (secondary N) is 1. The van der Waals surface area contributed by atoms with Gasteiger partial charge in [-0.25, -0.2) is 4.39 Å². The van der Waals surface area contributed by atoms with Crippen LogP contribution in [0, 0.1) is 17.2 Å². The molecule has 5 nitrogen and oxygen atoms in total. The van der Waals surface area contributed by atoms with Crippen LogP contribution >= 0.6 is 11.6 Å². The van der Waals surface area contributed by atoms with Crippen molar-refractivity contribution in [2.45, 2.75) is 33.3 Å². The van der Waals surface area contributed by atoms with Gasteiger partial charge < -0.3 is 15.5 Å². The number of benzene rings is 1. The van der Waals surface area contributed by atoms with Crippen molar-refractivity contribution in [1.29, 1.82) is 0 Å². The van der Waals surface area contributed by atoms with Gasteiger partial charge in [-0.2, -0.15) is 0 Å². The summed E-state index contributed by atoms with van der Waals surface area (Å²) in [6.45, 7) is 4.77. The molecule has 1 aromatic carbocycles. The van der Waals surface area contributed by atoms with E-state index < -0.39 is 23.2 Å². The van der Waals surface area contributed by atoms with Gasteiger partial charge >= 0.3 is 0 Å². The summed E-state index contributed by atoms with van der Waals surface area (Å²) >= 11 is 5.66. The Hall–Kier alpha value is -1.50. The summed E-state index contributed by atoms with van der Waals surface area (Å²) in [7, 11) is 0. The van der Waals surface area contributed by atoms with Gasteiger partial charge in [0.25, 0.3) is 0 Å². The zero-order valence-corrected chi connectivity index (χ0v) is 14.7. The molecule has 3 N–H and O–H groups in total. The molecule has 0 radical (unpaired) electrons. The standard InChI is InChI=1S/C17H23ClFNO4/c1-10(8-20-16(24)15(23)17(2,3)9-21)6-14(22)11-4-5-13(19)12(18)7-11/h4-5,7,10,15,21,23H,6,8-9H2,1-3H3,(H,20,24). The van der Waals surface area contributed by atoms with E-state index in [-0.39, 0.29) is 36.3 Å². The lowest BCUT2D eigenvalue weighted by atomic mass is 9.87. The molecule has 1 amide bonds. The lowest BCUT2D eigenvalue weighted by Gasteiger charge is -2.27. The molecule has 0 saturated heterocycles. The molecule has 0 aliphatic heterocycles. The number of hydrogen-bond donors (Lipinski definition) is 3. The van der Waals surface area contributed by atoms with Gasteiger partial charge in [0.2, 0.25) is 5.91 Å². The van der Waals surface area contributed by atoms with Crippen molar-refractivity contribution < 1.29 is 24.2 Å². The van der Waals surface area contributed by atoms with Crippen LogP contribution in [0.3, 0.4) is 0 Å². The fraction of sp³-hybridized carbons (Fsp3) is 0.529. The van der Waals surface area contributed by atoms with E-state index in [1.54, 1.807) is 20.8 Å². The summed E-state index contributed by atoms with van der Waals surface area (Å²) < 4.78 is 13.1. The smallest absolute Gasteiger partial charge is 0.249 e. The number of carbonyl (C=O) groups excluding carboxylic acids is 2. The van der Waals surface area contributed by atoms with Gasteiger partial charge in [0.1, 0.15) is 11.9 Å². The fourth-order valence-electron chi connectivity index (χ4n) is 1.99. The molecular weight excluding hydrogens is 337 g/mol. The maximum atomic E-state index is 13.1. The maximum absolute atomic E-state index is 13.1. The van der Waals surface area contributed by atoms with E-state index in [9.17, 15) is 19.1 Å². The quantitative estimate of drug-likeness (QED) is 0.621. The number of carbonyl (C=O) groups is 2. The van der Waals surface area contributed by atoms with E-state index in [2.05, 4.69) is 5.32 Å². The minimum atomic E-state index is -1.35. The highest BCUT2D eigenvalue weighted by molar-refractivity contribution is 6.31. The Morgan fingerprint density at radius 1 is 1.38 bits per heavy atom. The largest absolute Gasteiger partial charge is 0.396 e. The van der Waals surface area contributed by atoms with Crippen molar-refractivity contribution in [3.05, 3.63) is 34.6 Å². The van der Waals surface area contributed by atoms with Crippen LogP contribution < -0.4 is 5.32 Å². The fourth-order valence-corrected chi connectivity index (χ4v) is 2.17. The molecule has 2 unspecified atom stereocenters. The molecule has 0 heterocycles. The first kappa shape index (κ1) is 20.5. The SMILES string of the molecule is CC(CNC(=O)C(O)C(C)(C)CO)CC(=O)c1ccc(F)c(Cl)c1. The topological polar surface area (TPSA) is 86.6 Å². The van der Waals surface area contributed by atoms with Crippen LogP contribution in [0.4, 0.5) is 4.39 Å². The number of amides is 1. The van der Waals surface area contributed by atoms with E-state index >= 15 is 0 Å². The number of Topliss-reactive ketones (excluding diaryl/α,β-unsaturated/α-hetero) is 1. The number of rotatable bonds is 8. The Morgan fingerprint density at radius 3 is 2.54 bits per heavy atom. The second-order valence-corrected chi connectivity index (χ2v) is 7.06. The number of aliphatic hydroxyl groups excluding tert-OH is 2. The average molecular weight is 360 g/mol. The molecule has 1 rings (SSSR count). The highest BCUT2D eigenvalue weighted by Crippen LogP contribution is 2.20. The Bertz CT molecular complexity index is 606. The molecular formula is C17H23ClFNO4. The van der Waals surface area contributed by atoms with E-state index in [1.165, 1.54) is 12.1 Å². The minimum Gasteiger partial charge on any atom is -0.396 e. The van der Waals surface area contributed by atoms with E-state index in [4.69, 9.17) is 16.7 Å². The van der Waals surface area contributed by atoms with Crippen molar-refractivity contribution in [3.63, 3.8) is 0 Å². The third kappa shape index (κ3) is 5.54. The normalized spacial score (nSPS) is 14.1. The lowest BCUT2D eigenvalue weighted by Crippen LogP contribution is -2.46. The van der Waals surface area contributed by atoms with Crippen LogP contribution in [-0.4, -0.2) is 41.2 Å². The molecule has 134 valence electrons. The Labute approximate surface area is 145 Å². The maximum Gasteiger partial charge on any atom is 0.249 e. The van der Waals surface area contributed by atoms with Crippen molar-refractivity contribution in [3.8, 4) is 0 Å². The molecule has 2 atom stereocenters. The summed E-state index contributed by atoms with van der Waals surface area (Å²) in [6.07, 6.45) is -1.21. The van der Waals surface area contributed by atoms with Gasteiger partial charge in [-0.3, -0.25) is 9.59 Å². The highest BCUT2D eigenvalue weighted by atomic mass is 35.5. The van der Waals surface area contributed by atoms with E-state index in [0.29, 0.717) is 5.56 Å². The Kier molecular flexibility index (Phi) is 7.32. The third-order valence-electron chi connectivity index (χ3n) is 3.80. The van der Waals surface area contributed by atoms with Crippen LogP contribution in [0.2, 0.25) is 5.02 Å². The number of hydrogen-bond acceptors (Lipinski definition) is 4. The van der Waals surface area contributed by atoms with Crippen LogP contribution in [0.1, 0.15) is 37.6 Å². The zero-order chi connectivity index (χ0) is 18.5. The Balaban J connectivity index is 2.54. The van der Waals surface area contributed by atoms with Gasteiger partial charge in [-0.05, 0) is 24.1 Å². The molecule has 0 spiro atoms. The zero-order valence-electron chi connectivity index (χ0n) is 14.0. The predicted molar refractivity (Wildman–Crippen MR) is 89.4 cm³/mol. The summed E-state index contributed by atoms with van der Waals surface area (Å²) in [4.78, 5) is 24.0. The van der Waals surface area contributed by atoms with Crippen molar-refractivity contribution >= 4 is 23.3 Å². The van der Waals surface area contributed by atoms with Crippen LogP contribution in [-0.2, 0) is 4.79 Å². The van der Waals surface area contributed by atoms with Crippen molar-refractivity contribution in [2.24, 2.45) is 11.3 Å². The lowest BCUT2D eigenvalue weighted by molar-refractivity contribution is -0.137. The second-order valence-electron chi connectivity index (χ2n) is 6.66. The van der Waals surface area contributed by atoms with E-state index in [0.717, 1.165) is 6.07 Å². The van der Waals surface area contributed by atoms with Crippen LogP contribution in [0.5, 0.6) is 0 Å². The number of aliphatic hydroxyl groups is 2. The summed E-state index contributed by atoms with van der Waals surface area (Å²) in [6, 6.07) is 3.77. The first-order valence-corrected chi connectivity index (χ1v) is 8.01. The van der Waals surface area contributed by atoms with Crippen LogP contribution in [0.15, 0.2) is 18.2 Å². The number of halogens is 2. The highest BCUT2D eigenvalue weighted by Gasteiger charge is 2.32. The third-order valence-corrected chi connectivity index (χ3v) is 4.09. The van der Waals surface area contributed by atoms with Gasteiger partial charge in [0.05, 0.1) is 11.6 Å². The predicted octanol–water partition coefficient (Wildman–Crippen LogP) is 2.18. The van der Waals surface area contributed by atoms with Gasteiger partial charge in [0, 0.05) is 23.9 Å². The minimum absolute atomic E-state index is 0.115. The van der Waals surface area contributed by atoms with Gasteiger partial charge in [-0.1, -0.05) is 32.4 Å². The van der Waals surface area contributed by atoms with Gasteiger partial charge in [0.15, 0.2) is 5.78 Å². The summed E-state index contributed by atoms with van der Waals surface area (Å²) in [5, 5.41) is 21.5. The average Bonchev–Trinajstić information content (AvgIpc) is 2.54. The first-order valence-electron chi connectivity index (χ1n) is 7.63. The Morgan fingerprint density at radius 2 is 2.00 bits per heavy atom. The summed E-state index contributed by atoms with van der Waals surface area (Å²) in [5.41, 5.74) is -0.644. The molecule has 0 bridgehead atoms. The van der Waals surface area contributed by atoms with Crippen molar-refractivity contribution in [2.75, 3.05) is 13.2 Å². The first-order chi connectivity index (χ1) is 11.1. The monoisotopic (exact) mass is 359 g/mol. The molecule has 0 aliphatic carbocycles. The molecule has 0 aliphatic rings.